The molecule has 4 unspecified atom stereocenters. The number of ether oxygens (including phenoxy) is 1. The van der Waals surface area contributed by atoms with E-state index >= 15 is 0 Å². The summed E-state index contributed by atoms with van der Waals surface area (Å²) in [5, 5.41) is 31.1. The lowest BCUT2D eigenvalue weighted by atomic mass is 9.71. The molecule has 0 aromatic heterocycles. The molecule has 1 aliphatic heterocycles. The van der Waals surface area contributed by atoms with Crippen molar-refractivity contribution in [1.29, 1.82) is 0 Å². The first-order valence-electron chi connectivity index (χ1n) is 6.60. The van der Waals surface area contributed by atoms with Crippen LogP contribution in [-0.4, -0.2) is 44.2 Å². The summed E-state index contributed by atoms with van der Waals surface area (Å²) in [6.07, 6.45) is 1.44. The first kappa shape index (κ1) is 14.7. The Kier molecular flexibility index (Phi) is 3.38. The van der Waals surface area contributed by atoms with Gasteiger partial charge in [0.05, 0.1) is 18.1 Å². The predicted molar refractivity (Wildman–Crippen MR) is 68.2 cm³/mol. The Balaban J connectivity index is 2.26. The molecule has 0 amide bonds. The van der Waals surface area contributed by atoms with Gasteiger partial charge in [0, 0.05) is 12.3 Å². The van der Waals surface area contributed by atoms with Crippen LogP contribution in [0.2, 0.25) is 0 Å². The second kappa shape index (κ2) is 4.38. The van der Waals surface area contributed by atoms with Crippen LogP contribution in [0.5, 0.6) is 0 Å². The fourth-order valence-electron chi connectivity index (χ4n) is 3.01. The van der Waals surface area contributed by atoms with Gasteiger partial charge in [0.2, 0.25) is 5.79 Å². The maximum atomic E-state index is 12.0. The molecule has 1 heterocycles. The van der Waals surface area contributed by atoms with E-state index in [0.29, 0.717) is 6.42 Å². The number of carbonyl (C=O) groups excluding carboxylic acids is 1. The normalized spacial score (nSPS) is 43.1. The zero-order chi connectivity index (χ0) is 14.5. The van der Waals surface area contributed by atoms with Crippen molar-refractivity contribution < 1.29 is 24.9 Å². The lowest BCUT2D eigenvalue weighted by Gasteiger charge is -2.42. The van der Waals surface area contributed by atoms with Gasteiger partial charge in [-0.3, -0.25) is 4.79 Å². The molecule has 2 aliphatic rings. The fraction of sp³-hybridized carbons (Fsp3) is 0.786. The van der Waals surface area contributed by atoms with Crippen LogP contribution >= 0.6 is 0 Å². The molecule has 0 aromatic carbocycles. The Morgan fingerprint density at radius 2 is 2.11 bits per heavy atom. The van der Waals surface area contributed by atoms with Crippen LogP contribution in [0.25, 0.3) is 0 Å². The van der Waals surface area contributed by atoms with Gasteiger partial charge in [-0.15, -0.1) is 6.58 Å². The van der Waals surface area contributed by atoms with E-state index in [0.717, 1.165) is 0 Å². The monoisotopic (exact) mass is 270 g/mol. The molecule has 2 fully saturated rings. The van der Waals surface area contributed by atoms with E-state index in [1.807, 2.05) is 0 Å². The van der Waals surface area contributed by atoms with Crippen LogP contribution in [0.4, 0.5) is 0 Å². The van der Waals surface area contributed by atoms with E-state index < -0.39 is 23.1 Å². The Bertz CT molecular complexity index is 399. The molecule has 1 aliphatic carbocycles. The summed E-state index contributed by atoms with van der Waals surface area (Å²) in [4.78, 5) is 12.0. The molecule has 0 bridgehead atoms. The third-order valence-electron chi connectivity index (χ3n) is 4.28. The van der Waals surface area contributed by atoms with Crippen LogP contribution in [0.15, 0.2) is 12.7 Å². The van der Waals surface area contributed by atoms with Gasteiger partial charge < -0.3 is 20.1 Å². The minimum Gasteiger partial charge on any atom is -0.388 e. The van der Waals surface area contributed by atoms with Gasteiger partial charge >= 0.3 is 0 Å². The quantitative estimate of drug-likeness (QED) is 0.651. The number of aliphatic hydroxyl groups is 3. The van der Waals surface area contributed by atoms with Crippen LogP contribution in [0.1, 0.15) is 39.5 Å². The summed E-state index contributed by atoms with van der Waals surface area (Å²) in [5.74, 6) is -2.36. The van der Waals surface area contributed by atoms with Crippen LogP contribution in [0.3, 0.4) is 0 Å². The molecule has 0 spiro atoms. The number of hydrogen-bond donors (Lipinski definition) is 3. The highest BCUT2D eigenvalue weighted by atomic mass is 16.7. The van der Waals surface area contributed by atoms with E-state index in [-0.39, 0.29) is 31.0 Å². The second-order valence-electron chi connectivity index (χ2n) is 6.35. The molecule has 5 heteroatoms. The van der Waals surface area contributed by atoms with Crippen LogP contribution < -0.4 is 0 Å². The summed E-state index contributed by atoms with van der Waals surface area (Å²) in [5.41, 5.74) is -2.67. The molecule has 19 heavy (non-hydrogen) atoms. The number of hydrogen-bond acceptors (Lipinski definition) is 5. The van der Waals surface area contributed by atoms with Gasteiger partial charge in [-0.05, 0) is 26.7 Å². The van der Waals surface area contributed by atoms with Crippen molar-refractivity contribution in [3.05, 3.63) is 12.7 Å². The van der Waals surface area contributed by atoms with E-state index in [4.69, 9.17) is 4.74 Å². The van der Waals surface area contributed by atoms with Crippen molar-refractivity contribution in [3.63, 3.8) is 0 Å². The summed E-state index contributed by atoms with van der Waals surface area (Å²) >= 11 is 0. The van der Waals surface area contributed by atoms with Crippen molar-refractivity contribution in [3.8, 4) is 0 Å². The minimum atomic E-state index is -1.88. The molecule has 108 valence electrons. The Morgan fingerprint density at radius 1 is 1.47 bits per heavy atom. The summed E-state index contributed by atoms with van der Waals surface area (Å²) < 4.78 is 5.43. The fourth-order valence-corrected chi connectivity index (χ4v) is 3.01. The first-order valence-corrected chi connectivity index (χ1v) is 6.60. The smallest absolute Gasteiger partial charge is 0.202 e. The summed E-state index contributed by atoms with van der Waals surface area (Å²) in [6, 6.07) is 0. The summed E-state index contributed by atoms with van der Waals surface area (Å²) in [6.45, 7) is 6.72. The average molecular weight is 270 g/mol. The average Bonchev–Trinajstić information content (AvgIpc) is 2.50. The zero-order valence-corrected chi connectivity index (χ0v) is 11.4. The van der Waals surface area contributed by atoms with Gasteiger partial charge in [-0.2, -0.15) is 0 Å². The Labute approximate surface area is 112 Å². The van der Waals surface area contributed by atoms with Gasteiger partial charge in [0.25, 0.3) is 0 Å². The zero-order valence-electron chi connectivity index (χ0n) is 11.4. The number of allylic oxidation sites excluding steroid dienone is 1. The molecule has 0 radical (unpaired) electrons. The summed E-state index contributed by atoms with van der Waals surface area (Å²) in [7, 11) is 0. The van der Waals surface area contributed by atoms with E-state index in [2.05, 4.69) is 6.58 Å². The number of rotatable bonds is 3. The molecule has 1 saturated carbocycles. The molecular weight excluding hydrogens is 248 g/mol. The molecule has 4 atom stereocenters. The Hall–Kier alpha value is -0.750. The number of Topliss-reactive ketones (excluding diaryl/α,β-unsaturated/α-hetero) is 1. The van der Waals surface area contributed by atoms with E-state index in [1.54, 1.807) is 19.9 Å². The number of fused-ring (bicyclic) bond motifs is 1. The van der Waals surface area contributed by atoms with E-state index in [1.165, 1.54) is 0 Å². The minimum absolute atomic E-state index is 0.119. The Morgan fingerprint density at radius 3 is 2.63 bits per heavy atom. The van der Waals surface area contributed by atoms with E-state index in [9.17, 15) is 20.1 Å². The van der Waals surface area contributed by atoms with Gasteiger partial charge in [-0.25, -0.2) is 0 Å². The standard InChI is InChI=1S/C14H22O5/c1-4-5-9-6-13(17)8-11(12(2,3)16)19-14(13,18)7-10(9)15/h4,9,11,16-18H,1,5-8H2,2-3H3. The molecule has 5 nitrogen and oxygen atoms in total. The molecule has 1 saturated heterocycles. The third-order valence-corrected chi connectivity index (χ3v) is 4.28. The third kappa shape index (κ3) is 2.36. The highest BCUT2D eigenvalue weighted by Gasteiger charge is 2.64. The van der Waals surface area contributed by atoms with Crippen molar-refractivity contribution in [2.45, 2.75) is 62.6 Å². The van der Waals surface area contributed by atoms with Crippen molar-refractivity contribution in [2.75, 3.05) is 0 Å². The topological polar surface area (TPSA) is 87.0 Å². The van der Waals surface area contributed by atoms with Crippen LogP contribution in [-0.2, 0) is 9.53 Å². The van der Waals surface area contributed by atoms with Crippen molar-refractivity contribution in [1.82, 2.24) is 0 Å². The maximum absolute atomic E-state index is 12.0. The number of ketones is 1. The molecule has 2 rings (SSSR count). The lowest BCUT2D eigenvalue weighted by Crippen LogP contribution is -2.57. The van der Waals surface area contributed by atoms with Crippen LogP contribution in [0, 0.1) is 5.92 Å². The SMILES string of the molecule is C=CCC1CC2(O)CC(C(C)(C)O)OC2(O)CC1=O. The van der Waals surface area contributed by atoms with Gasteiger partial charge in [0.15, 0.2) is 0 Å². The highest BCUT2D eigenvalue weighted by Crippen LogP contribution is 2.50. The van der Waals surface area contributed by atoms with Crippen molar-refractivity contribution in [2.24, 2.45) is 5.92 Å². The number of carbonyl (C=O) groups is 1. The molecule has 0 aromatic rings. The predicted octanol–water partition coefficient (Wildman–Crippen LogP) is 0.521. The highest BCUT2D eigenvalue weighted by molar-refractivity contribution is 5.83. The second-order valence-corrected chi connectivity index (χ2v) is 6.35. The van der Waals surface area contributed by atoms with Gasteiger partial charge in [0.1, 0.15) is 11.4 Å². The van der Waals surface area contributed by atoms with Gasteiger partial charge in [-0.1, -0.05) is 6.08 Å². The molecular formula is C14H22O5. The maximum Gasteiger partial charge on any atom is 0.202 e. The largest absolute Gasteiger partial charge is 0.388 e. The molecule has 3 N–H and O–H groups in total. The first-order chi connectivity index (χ1) is 8.61. The lowest BCUT2D eigenvalue weighted by molar-refractivity contribution is -0.284. The van der Waals surface area contributed by atoms with Crippen molar-refractivity contribution >= 4 is 5.78 Å².